The maximum Gasteiger partial charge on any atom is 0.270 e. The SMILES string of the molecule is Cc1ccc(C(=O)N(CCc2c[nH]c3ccccc23)C2CCc3cc(C=CC(=O)NO)ccc32)[nH]1. The van der Waals surface area contributed by atoms with E-state index >= 15 is 0 Å². The molecule has 0 radical (unpaired) electrons. The van der Waals surface area contributed by atoms with Crippen molar-refractivity contribution in [2.24, 2.45) is 0 Å². The van der Waals surface area contributed by atoms with Crippen LogP contribution in [0.3, 0.4) is 0 Å². The van der Waals surface area contributed by atoms with Crippen LogP contribution in [0.15, 0.2) is 66.9 Å². The lowest BCUT2D eigenvalue weighted by Crippen LogP contribution is -2.36. The lowest BCUT2D eigenvalue weighted by molar-refractivity contribution is -0.124. The summed E-state index contributed by atoms with van der Waals surface area (Å²) in [6.07, 6.45) is 7.45. The van der Waals surface area contributed by atoms with Crippen LogP contribution < -0.4 is 5.48 Å². The number of hydrogen-bond donors (Lipinski definition) is 4. The molecule has 0 saturated heterocycles. The largest absolute Gasteiger partial charge is 0.361 e. The monoisotopic (exact) mass is 468 g/mol. The summed E-state index contributed by atoms with van der Waals surface area (Å²) in [5.41, 5.74) is 8.65. The fourth-order valence-electron chi connectivity index (χ4n) is 5.01. The van der Waals surface area contributed by atoms with Crippen LogP contribution in [0.4, 0.5) is 0 Å². The third-order valence-electron chi connectivity index (χ3n) is 6.75. The number of aromatic nitrogens is 2. The molecule has 0 aliphatic heterocycles. The van der Waals surface area contributed by atoms with Gasteiger partial charge in [-0.3, -0.25) is 14.8 Å². The van der Waals surface area contributed by atoms with E-state index < -0.39 is 5.91 Å². The minimum absolute atomic E-state index is 0.000574. The molecule has 1 atom stereocenters. The maximum absolute atomic E-state index is 13.7. The molecule has 4 aromatic rings. The van der Waals surface area contributed by atoms with Gasteiger partial charge in [0.15, 0.2) is 0 Å². The molecule has 0 bridgehead atoms. The Bertz CT molecular complexity index is 1410. The van der Waals surface area contributed by atoms with Crippen LogP contribution in [0.25, 0.3) is 17.0 Å². The van der Waals surface area contributed by atoms with Crippen LogP contribution >= 0.6 is 0 Å². The average Bonchev–Trinajstić information content (AvgIpc) is 3.61. The predicted molar refractivity (Wildman–Crippen MR) is 135 cm³/mol. The first-order chi connectivity index (χ1) is 17.0. The van der Waals surface area contributed by atoms with Gasteiger partial charge in [-0.15, -0.1) is 0 Å². The van der Waals surface area contributed by atoms with Gasteiger partial charge in [0, 0.05) is 35.4 Å². The number of hydrogen-bond acceptors (Lipinski definition) is 3. The summed E-state index contributed by atoms with van der Waals surface area (Å²) < 4.78 is 0. The van der Waals surface area contributed by atoms with Gasteiger partial charge >= 0.3 is 0 Å². The van der Waals surface area contributed by atoms with Crippen LogP contribution in [-0.4, -0.2) is 38.4 Å². The van der Waals surface area contributed by atoms with Crippen LogP contribution in [-0.2, 0) is 17.6 Å². The third kappa shape index (κ3) is 4.63. The number of para-hydroxylation sites is 1. The second-order valence-corrected chi connectivity index (χ2v) is 8.99. The number of nitrogens with one attached hydrogen (secondary N) is 3. The zero-order chi connectivity index (χ0) is 24.4. The highest BCUT2D eigenvalue weighted by Crippen LogP contribution is 2.37. The number of fused-ring (bicyclic) bond motifs is 2. The van der Waals surface area contributed by atoms with E-state index in [4.69, 9.17) is 5.21 Å². The molecule has 2 heterocycles. The Morgan fingerprint density at radius 3 is 2.83 bits per heavy atom. The lowest BCUT2D eigenvalue weighted by Gasteiger charge is -2.30. The maximum atomic E-state index is 13.7. The van der Waals surface area contributed by atoms with Crippen LogP contribution in [0, 0.1) is 6.92 Å². The number of rotatable bonds is 7. The van der Waals surface area contributed by atoms with E-state index in [2.05, 4.69) is 34.2 Å². The zero-order valence-corrected chi connectivity index (χ0v) is 19.5. The highest BCUT2D eigenvalue weighted by Gasteiger charge is 2.32. The van der Waals surface area contributed by atoms with Gasteiger partial charge in [0.25, 0.3) is 11.8 Å². The molecule has 7 heteroatoms. The molecule has 1 unspecified atom stereocenters. The molecule has 4 N–H and O–H groups in total. The first kappa shape index (κ1) is 22.7. The lowest BCUT2D eigenvalue weighted by atomic mass is 10.0. The van der Waals surface area contributed by atoms with Crippen LogP contribution in [0.1, 0.15) is 50.9 Å². The molecule has 2 aromatic heterocycles. The predicted octanol–water partition coefficient (Wildman–Crippen LogP) is 4.70. The summed E-state index contributed by atoms with van der Waals surface area (Å²) in [4.78, 5) is 33.5. The Hall–Kier alpha value is -4.10. The number of hydroxylamine groups is 1. The van der Waals surface area contributed by atoms with E-state index in [1.165, 1.54) is 22.6 Å². The van der Waals surface area contributed by atoms with E-state index in [0.29, 0.717) is 12.2 Å². The molecule has 1 aliphatic carbocycles. The second-order valence-electron chi connectivity index (χ2n) is 8.99. The molecule has 2 aromatic carbocycles. The Kier molecular flexibility index (Phi) is 6.25. The van der Waals surface area contributed by atoms with Gasteiger partial charge in [-0.2, -0.15) is 0 Å². The number of aromatic amines is 2. The van der Waals surface area contributed by atoms with Gasteiger partial charge < -0.3 is 14.9 Å². The molecule has 2 amide bonds. The summed E-state index contributed by atoms with van der Waals surface area (Å²) >= 11 is 0. The number of benzene rings is 2. The standard InChI is InChI=1S/C28H28N4O3/c1-18-6-11-25(30-18)28(34)32(15-14-21-17-29-24-5-3-2-4-22(21)24)26-12-9-20-16-19(7-10-23(20)26)8-13-27(33)31-35/h2-8,10-11,13,16-17,26,29-30,35H,9,12,14-15H2,1H3,(H,31,33). The van der Waals surface area contributed by atoms with Crippen molar-refractivity contribution in [3.8, 4) is 0 Å². The summed E-state index contributed by atoms with van der Waals surface area (Å²) in [6.45, 7) is 2.55. The molecule has 0 saturated carbocycles. The van der Waals surface area contributed by atoms with Gasteiger partial charge in [-0.25, -0.2) is 5.48 Å². The average molecular weight is 469 g/mol. The number of carbonyl (C=O) groups is 2. The van der Waals surface area contributed by atoms with Crippen LogP contribution in [0.5, 0.6) is 0 Å². The number of aryl methyl sites for hydroxylation is 2. The van der Waals surface area contributed by atoms with Crippen molar-refractivity contribution >= 4 is 28.8 Å². The number of nitrogens with zero attached hydrogens (tertiary/aromatic N) is 1. The molecule has 35 heavy (non-hydrogen) atoms. The smallest absolute Gasteiger partial charge is 0.270 e. The highest BCUT2D eigenvalue weighted by atomic mass is 16.5. The molecule has 0 spiro atoms. The van der Waals surface area contributed by atoms with Crippen molar-refractivity contribution in [1.29, 1.82) is 0 Å². The first-order valence-corrected chi connectivity index (χ1v) is 11.8. The van der Waals surface area contributed by atoms with Crippen LogP contribution in [0.2, 0.25) is 0 Å². The normalized spacial score (nSPS) is 15.0. The Balaban J connectivity index is 1.43. The topological polar surface area (TPSA) is 101 Å². The molecule has 178 valence electrons. The van der Waals surface area contributed by atoms with Gasteiger partial charge in [0.1, 0.15) is 5.69 Å². The highest BCUT2D eigenvalue weighted by molar-refractivity contribution is 5.93. The van der Waals surface area contributed by atoms with Crippen molar-refractivity contribution in [3.05, 3.63) is 101 Å². The third-order valence-corrected chi connectivity index (χ3v) is 6.75. The van der Waals surface area contributed by atoms with E-state index in [-0.39, 0.29) is 11.9 Å². The van der Waals surface area contributed by atoms with E-state index in [1.54, 1.807) is 11.6 Å². The first-order valence-electron chi connectivity index (χ1n) is 11.8. The van der Waals surface area contributed by atoms with Gasteiger partial charge in [0.05, 0.1) is 6.04 Å². The molecule has 1 aliphatic rings. The molecule has 0 fully saturated rings. The van der Waals surface area contributed by atoms with Gasteiger partial charge in [-0.1, -0.05) is 36.4 Å². The minimum atomic E-state index is -0.571. The second kappa shape index (κ2) is 9.64. The zero-order valence-electron chi connectivity index (χ0n) is 19.5. The minimum Gasteiger partial charge on any atom is -0.361 e. The fraction of sp³-hybridized carbons (Fsp3) is 0.214. The summed E-state index contributed by atoms with van der Waals surface area (Å²) in [7, 11) is 0. The molecule has 5 rings (SSSR count). The fourth-order valence-corrected chi connectivity index (χ4v) is 5.01. The van der Waals surface area contributed by atoms with Crippen molar-refractivity contribution in [3.63, 3.8) is 0 Å². The summed E-state index contributed by atoms with van der Waals surface area (Å²) in [5, 5.41) is 9.88. The number of carbonyl (C=O) groups excluding carboxylic acids is 2. The Morgan fingerprint density at radius 1 is 1.17 bits per heavy atom. The summed E-state index contributed by atoms with van der Waals surface area (Å²) in [5.74, 6) is -0.571. The van der Waals surface area contributed by atoms with Crippen molar-refractivity contribution in [2.75, 3.05) is 6.54 Å². The van der Waals surface area contributed by atoms with E-state index in [9.17, 15) is 9.59 Å². The molecular formula is C28H28N4O3. The Labute approximate surface area is 203 Å². The van der Waals surface area contributed by atoms with Crippen molar-refractivity contribution in [2.45, 2.75) is 32.2 Å². The summed E-state index contributed by atoms with van der Waals surface area (Å²) in [6, 6.07) is 18.0. The van der Waals surface area contributed by atoms with Crippen molar-refractivity contribution < 1.29 is 14.8 Å². The van der Waals surface area contributed by atoms with E-state index in [0.717, 1.165) is 41.6 Å². The van der Waals surface area contributed by atoms with Crippen molar-refractivity contribution in [1.82, 2.24) is 20.3 Å². The van der Waals surface area contributed by atoms with E-state index in [1.807, 2.05) is 48.4 Å². The molecular weight excluding hydrogens is 440 g/mol. The number of H-pyrrole nitrogens is 2. The van der Waals surface area contributed by atoms with Gasteiger partial charge in [0.2, 0.25) is 0 Å². The number of amides is 2. The molecule has 7 nitrogen and oxygen atoms in total. The van der Waals surface area contributed by atoms with Gasteiger partial charge in [-0.05, 0) is 72.7 Å². The Morgan fingerprint density at radius 2 is 2.03 bits per heavy atom. The quantitative estimate of drug-likeness (QED) is 0.180.